The van der Waals surface area contributed by atoms with E-state index in [1.165, 1.54) is 30.4 Å². The van der Waals surface area contributed by atoms with Gasteiger partial charge in [-0.1, -0.05) is 24.3 Å². The Hall–Kier alpha value is -1.10. The zero-order valence-corrected chi connectivity index (χ0v) is 22.2. The smallest absolute Gasteiger partial charge is 0.0543 e. The topological polar surface area (TPSA) is 78.7 Å². The van der Waals surface area contributed by atoms with Gasteiger partial charge < -0.3 is 31.9 Å². The van der Waals surface area contributed by atoms with E-state index in [1.807, 2.05) is 0 Å². The molecule has 1 aromatic carbocycles. The lowest BCUT2D eigenvalue weighted by atomic mass is 10.1. The van der Waals surface area contributed by atoms with Crippen LogP contribution < -0.4 is 31.9 Å². The van der Waals surface area contributed by atoms with Gasteiger partial charge in [0.1, 0.15) is 0 Å². The number of hydrogen-bond acceptors (Lipinski definition) is 8. The number of rotatable bonds is 4. The van der Waals surface area contributed by atoms with Crippen LogP contribution in [0.5, 0.6) is 0 Å². The Morgan fingerprint density at radius 1 is 0.543 bits per heavy atom. The third kappa shape index (κ3) is 13.1. The van der Waals surface area contributed by atoms with Gasteiger partial charge in [-0.25, -0.2) is 0 Å². The summed E-state index contributed by atoms with van der Waals surface area (Å²) >= 11 is 0. The Morgan fingerprint density at radius 2 is 1.00 bits per heavy atom. The van der Waals surface area contributed by atoms with Crippen molar-refractivity contribution in [1.29, 1.82) is 0 Å². The molecule has 0 spiro atoms. The minimum atomic E-state index is 0.361. The van der Waals surface area contributed by atoms with Crippen LogP contribution in [-0.2, 0) is 13.1 Å². The normalized spacial score (nSPS) is 24.7. The van der Waals surface area contributed by atoms with Gasteiger partial charge in [0.05, 0.1) is 6.17 Å². The highest BCUT2D eigenvalue weighted by molar-refractivity contribution is 5.22. The van der Waals surface area contributed by atoms with Crippen molar-refractivity contribution >= 4 is 0 Å². The summed E-state index contributed by atoms with van der Waals surface area (Å²) in [6.07, 6.45) is 3.95. The molecule has 2 saturated heterocycles. The van der Waals surface area contributed by atoms with Gasteiger partial charge in [-0.2, -0.15) is 0 Å². The van der Waals surface area contributed by atoms with E-state index in [0.717, 1.165) is 105 Å². The molecule has 0 radical (unpaired) electrons. The number of nitrogens with zero attached hydrogens (tertiary/aromatic N) is 2. The molecule has 1 aromatic rings. The van der Waals surface area contributed by atoms with Crippen molar-refractivity contribution in [3.05, 3.63) is 35.4 Å². The van der Waals surface area contributed by atoms with E-state index < -0.39 is 0 Å². The maximum atomic E-state index is 3.62. The lowest BCUT2D eigenvalue weighted by molar-refractivity contribution is 0.251. The van der Waals surface area contributed by atoms with Gasteiger partial charge in [-0.15, -0.1) is 0 Å². The molecule has 8 heteroatoms. The monoisotopic (exact) mass is 488 g/mol. The molecule has 1 atom stereocenters. The second-order valence-electron chi connectivity index (χ2n) is 10.1. The van der Waals surface area contributed by atoms with Gasteiger partial charge in [-0.3, -0.25) is 9.80 Å². The second-order valence-corrected chi connectivity index (χ2v) is 10.1. The minimum Gasteiger partial charge on any atom is -0.315 e. The van der Waals surface area contributed by atoms with Gasteiger partial charge in [0.2, 0.25) is 0 Å². The predicted octanol–water partition coefficient (Wildman–Crippen LogP) is 0.372. The summed E-state index contributed by atoms with van der Waals surface area (Å²) in [6.45, 7) is 19.4. The highest BCUT2D eigenvalue weighted by Crippen LogP contribution is 2.11. The first-order valence-corrected chi connectivity index (χ1v) is 14.1. The van der Waals surface area contributed by atoms with Crippen molar-refractivity contribution < 1.29 is 0 Å². The Balaban J connectivity index is 1.47. The number of benzene rings is 1. The van der Waals surface area contributed by atoms with Crippen molar-refractivity contribution in [2.45, 2.75) is 45.4 Å². The molecular formula is C27H52N8. The first-order valence-electron chi connectivity index (χ1n) is 14.1. The molecule has 6 N–H and O–H groups in total. The van der Waals surface area contributed by atoms with Crippen LogP contribution in [0.2, 0.25) is 0 Å². The van der Waals surface area contributed by atoms with Gasteiger partial charge in [0.15, 0.2) is 0 Å². The summed E-state index contributed by atoms with van der Waals surface area (Å²) in [7, 11) is 0. The Kier molecular flexibility index (Phi) is 14.8. The molecule has 0 amide bonds. The second kappa shape index (κ2) is 18.2. The summed E-state index contributed by atoms with van der Waals surface area (Å²) in [6, 6.07) is 9.39. The Morgan fingerprint density at radius 3 is 1.60 bits per heavy atom. The fraction of sp³-hybridized carbons (Fsp3) is 0.778. The largest absolute Gasteiger partial charge is 0.315 e. The Labute approximate surface area is 214 Å². The van der Waals surface area contributed by atoms with E-state index in [9.17, 15) is 0 Å². The van der Waals surface area contributed by atoms with E-state index in [0.29, 0.717) is 6.17 Å². The molecule has 200 valence electrons. The molecule has 0 unspecified atom stereocenters. The zero-order valence-electron chi connectivity index (χ0n) is 22.2. The van der Waals surface area contributed by atoms with Crippen LogP contribution in [0.3, 0.4) is 0 Å². The van der Waals surface area contributed by atoms with Crippen LogP contribution in [0.25, 0.3) is 0 Å². The van der Waals surface area contributed by atoms with Crippen molar-refractivity contribution in [1.82, 2.24) is 41.7 Å². The van der Waals surface area contributed by atoms with Gasteiger partial charge in [0, 0.05) is 65.4 Å². The first-order chi connectivity index (χ1) is 17.3. The van der Waals surface area contributed by atoms with Crippen LogP contribution in [0, 0.1) is 0 Å². The van der Waals surface area contributed by atoms with Crippen molar-refractivity contribution in [3.8, 4) is 0 Å². The van der Waals surface area contributed by atoms with E-state index in [-0.39, 0.29) is 0 Å². The standard InChI is InChI=1S/C27H52N8/c1-25-32-16-15-30-12-4-20-35(22-18-33-25)24-27-7-5-26(6-8-27)23-34-19-3-11-29-14-13-28-9-2-10-31-17-21-34/h5-8,25,28-33H,2-4,9-24H2,1H3/t25-/m1/s1. The molecule has 8 nitrogen and oxygen atoms in total. The van der Waals surface area contributed by atoms with Crippen LogP contribution in [-0.4, -0.2) is 108 Å². The van der Waals surface area contributed by atoms with E-state index in [1.54, 1.807) is 0 Å². The molecular weight excluding hydrogens is 436 g/mol. The van der Waals surface area contributed by atoms with E-state index in [2.05, 4.69) is 72.9 Å². The van der Waals surface area contributed by atoms with E-state index in [4.69, 9.17) is 0 Å². The van der Waals surface area contributed by atoms with Crippen molar-refractivity contribution in [2.75, 3.05) is 91.6 Å². The van der Waals surface area contributed by atoms with Gasteiger partial charge >= 0.3 is 0 Å². The molecule has 2 heterocycles. The molecule has 0 aromatic heterocycles. The maximum Gasteiger partial charge on any atom is 0.0543 e. The van der Waals surface area contributed by atoms with E-state index >= 15 is 0 Å². The average Bonchev–Trinajstić information content (AvgIpc) is 2.85. The molecule has 0 aliphatic carbocycles. The highest BCUT2D eigenvalue weighted by atomic mass is 15.2. The fourth-order valence-electron chi connectivity index (χ4n) is 4.80. The molecule has 2 aliphatic heterocycles. The van der Waals surface area contributed by atoms with Crippen molar-refractivity contribution in [2.24, 2.45) is 0 Å². The van der Waals surface area contributed by atoms with Crippen molar-refractivity contribution in [3.63, 3.8) is 0 Å². The minimum absolute atomic E-state index is 0.361. The molecule has 2 fully saturated rings. The van der Waals surface area contributed by atoms with Crippen LogP contribution >= 0.6 is 0 Å². The molecule has 35 heavy (non-hydrogen) atoms. The Bertz CT molecular complexity index is 627. The summed E-state index contributed by atoms with van der Waals surface area (Å²) in [5.41, 5.74) is 2.84. The summed E-state index contributed by atoms with van der Waals surface area (Å²) < 4.78 is 0. The van der Waals surface area contributed by atoms with Gasteiger partial charge in [0.25, 0.3) is 0 Å². The number of hydrogen-bond donors (Lipinski definition) is 6. The zero-order chi connectivity index (χ0) is 24.4. The van der Waals surface area contributed by atoms with Crippen LogP contribution in [0.15, 0.2) is 24.3 Å². The predicted molar refractivity (Wildman–Crippen MR) is 148 cm³/mol. The molecule has 0 saturated carbocycles. The van der Waals surface area contributed by atoms with Gasteiger partial charge in [-0.05, 0) is 76.6 Å². The fourth-order valence-corrected chi connectivity index (χ4v) is 4.80. The average molecular weight is 489 g/mol. The quantitative estimate of drug-likeness (QED) is 0.363. The third-order valence-corrected chi connectivity index (χ3v) is 6.91. The first kappa shape index (κ1) is 28.5. The SMILES string of the molecule is C[C@@H]1NCCNCCCN(Cc2ccc(CN3CCCNCCNCCCNCC3)cc2)CCN1. The lowest BCUT2D eigenvalue weighted by Crippen LogP contribution is -2.46. The molecule has 0 bridgehead atoms. The molecule has 3 rings (SSSR count). The summed E-state index contributed by atoms with van der Waals surface area (Å²) in [5.74, 6) is 0. The molecule has 2 aliphatic rings. The number of nitrogens with one attached hydrogen (secondary N) is 6. The third-order valence-electron chi connectivity index (χ3n) is 6.91. The highest BCUT2D eigenvalue weighted by Gasteiger charge is 2.10. The maximum absolute atomic E-state index is 3.62. The summed E-state index contributed by atoms with van der Waals surface area (Å²) in [4.78, 5) is 5.20. The van der Waals surface area contributed by atoms with Crippen LogP contribution in [0.4, 0.5) is 0 Å². The lowest BCUT2D eigenvalue weighted by Gasteiger charge is -2.26. The summed E-state index contributed by atoms with van der Waals surface area (Å²) in [5, 5.41) is 21.4. The van der Waals surface area contributed by atoms with Crippen LogP contribution in [0.1, 0.15) is 37.3 Å².